The number of aryl methyl sites for hydroxylation is 1. The molecule has 0 spiro atoms. The highest BCUT2D eigenvalue weighted by Crippen LogP contribution is 2.27. The average molecular weight is 470 g/mol. The summed E-state index contributed by atoms with van der Waals surface area (Å²) < 4.78 is 10.6. The zero-order valence-electron chi connectivity index (χ0n) is 15.5. The Morgan fingerprint density at radius 1 is 1.08 bits per heavy atom. The molecule has 0 aliphatic heterocycles. The minimum atomic E-state index is 0. The van der Waals surface area contributed by atoms with Crippen molar-refractivity contribution in [2.24, 2.45) is 4.99 Å². The van der Waals surface area contributed by atoms with Crippen molar-refractivity contribution in [3.8, 4) is 11.5 Å². The smallest absolute Gasteiger partial charge is 0.191 e. The van der Waals surface area contributed by atoms with E-state index in [0.29, 0.717) is 6.54 Å². The van der Waals surface area contributed by atoms with Crippen LogP contribution in [-0.4, -0.2) is 38.8 Å². The molecule has 2 rings (SSSR count). The summed E-state index contributed by atoms with van der Waals surface area (Å²) in [5.41, 5.74) is 2.20. The molecule has 0 bridgehead atoms. The van der Waals surface area contributed by atoms with Crippen LogP contribution in [0, 0.1) is 0 Å². The first kappa shape index (κ1) is 22.0. The Hall–Kier alpha value is -2.03. The third-order valence-electron chi connectivity index (χ3n) is 3.77. The van der Waals surface area contributed by atoms with E-state index in [1.165, 1.54) is 5.56 Å². The predicted molar refractivity (Wildman–Crippen MR) is 116 cm³/mol. The van der Waals surface area contributed by atoms with Crippen LogP contribution >= 0.6 is 24.0 Å². The van der Waals surface area contributed by atoms with Crippen molar-refractivity contribution in [1.82, 2.24) is 15.6 Å². The first-order chi connectivity index (χ1) is 12.3. The van der Waals surface area contributed by atoms with Gasteiger partial charge in [0.1, 0.15) is 0 Å². The van der Waals surface area contributed by atoms with Gasteiger partial charge in [0.25, 0.3) is 0 Å². The largest absolute Gasteiger partial charge is 0.493 e. The molecule has 1 aromatic carbocycles. The van der Waals surface area contributed by atoms with Crippen molar-refractivity contribution in [2.45, 2.75) is 19.4 Å². The van der Waals surface area contributed by atoms with E-state index in [9.17, 15) is 0 Å². The van der Waals surface area contributed by atoms with Gasteiger partial charge in [0, 0.05) is 19.8 Å². The quantitative estimate of drug-likeness (QED) is 0.269. The summed E-state index contributed by atoms with van der Waals surface area (Å²) in [6, 6.07) is 11.9. The van der Waals surface area contributed by atoms with Crippen molar-refractivity contribution in [2.75, 3.05) is 27.8 Å². The van der Waals surface area contributed by atoms with Gasteiger partial charge in [0.05, 0.1) is 26.5 Å². The van der Waals surface area contributed by atoms with Gasteiger partial charge in [-0.05, 0) is 42.7 Å². The minimum absolute atomic E-state index is 0. The second-order valence-corrected chi connectivity index (χ2v) is 5.47. The summed E-state index contributed by atoms with van der Waals surface area (Å²) in [4.78, 5) is 8.51. The highest BCUT2D eigenvalue weighted by atomic mass is 127. The van der Waals surface area contributed by atoms with E-state index in [-0.39, 0.29) is 24.0 Å². The summed E-state index contributed by atoms with van der Waals surface area (Å²) in [6.45, 7) is 1.48. The molecule has 0 unspecified atom stereocenters. The lowest BCUT2D eigenvalue weighted by molar-refractivity contribution is 0.354. The Morgan fingerprint density at radius 2 is 1.88 bits per heavy atom. The number of ether oxygens (including phenoxy) is 2. The Balaban J connectivity index is 0.00000338. The fraction of sp³-hybridized carbons (Fsp3) is 0.368. The number of aliphatic imine (C=N–C) groups is 1. The molecule has 0 atom stereocenters. The second kappa shape index (κ2) is 12.3. The molecule has 142 valence electrons. The number of methoxy groups -OCH3 is 2. The lowest BCUT2D eigenvalue weighted by atomic mass is 10.1. The molecule has 2 N–H and O–H groups in total. The summed E-state index contributed by atoms with van der Waals surface area (Å²) in [5, 5.41) is 6.57. The number of hydrogen-bond donors (Lipinski definition) is 2. The van der Waals surface area contributed by atoms with Crippen molar-refractivity contribution in [3.05, 3.63) is 53.9 Å². The molecule has 2 aromatic rings. The molecule has 1 aromatic heterocycles. The van der Waals surface area contributed by atoms with Gasteiger partial charge in [-0.1, -0.05) is 12.1 Å². The fourth-order valence-corrected chi connectivity index (χ4v) is 2.43. The molecule has 6 nitrogen and oxygen atoms in total. The summed E-state index contributed by atoms with van der Waals surface area (Å²) >= 11 is 0. The number of pyridine rings is 1. The number of aromatic nitrogens is 1. The lowest BCUT2D eigenvalue weighted by Crippen LogP contribution is -2.37. The zero-order valence-corrected chi connectivity index (χ0v) is 17.8. The van der Waals surface area contributed by atoms with Gasteiger partial charge in [-0.2, -0.15) is 0 Å². The molecular weight excluding hydrogens is 443 g/mol. The molecule has 0 saturated carbocycles. The van der Waals surface area contributed by atoms with Crippen LogP contribution in [0.2, 0.25) is 0 Å². The average Bonchev–Trinajstić information content (AvgIpc) is 2.68. The van der Waals surface area contributed by atoms with Crippen LogP contribution in [0.4, 0.5) is 0 Å². The molecule has 0 radical (unpaired) electrons. The number of guanidine groups is 1. The molecule has 1 heterocycles. The normalized spacial score (nSPS) is 10.7. The van der Waals surface area contributed by atoms with Gasteiger partial charge in [-0.3, -0.25) is 9.98 Å². The molecule has 0 aliphatic carbocycles. The molecule has 0 fully saturated rings. The Kier molecular flexibility index (Phi) is 10.5. The minimum Gasteiger partial charge on any atom is -0.493 e. The van der Waals surface area contributed by atoms with Crippen LogP contribution < -0.4 is 20.1 Å². The number of rotatable bonds is 8. The van der Waals surface area contributed by atoms with Crippen LogP contribution in [0.25, 0.3) is 0 Å². The number of nitrogens with one attached hydrogen (secondary N) is 2. The van der Waals surface area contributed by atoms with Gasteiger partial charge in [0.15, 0.2) is 17.5 Å². The van der Waals surface area contributed by atoms with Crippen LogP contribution in [-0.2, 0) is 13.0 Å². The van der Waals surface area contributed by atoms with Crippen molar-refractivity contribution in [3.63, 3.8) is 0 Å². The van der Waals surface area contributed by atoms with E-state index < -0.39 is 0 Å². The number of nitrogens with zero attached hydrogens (tertiary/aromatic N) is 2. The lowest BCUT2D eigenvalue weighted by Gasteiger charge is -2.12. The van der Waals surface area contributed by atoms with E-state index in [1.54, 1.807) is 27.5 Å². The van der Waals surface area contributed by atoms with Crippen LogP contribution in [0.15, 0.2) is 47.6 Å². The van der Waals surface area contributed by atoms with Gasteiger partial charge < -0.3 is 20.1 Å². The zero-order chi connectivity index (χ0) is 17.9. The summed E-state index contributed by atoms with van der Waals surface area (Å²) in [6.07, 6.45) is 3.72. The Bertz CT molecular complexity index is 680. The van der Waals surface area contributed by atoms with Crippen molar-refractivity contribution >= 4 is 29.9 Å². The monoisotopic (exact) mass is 470 g/mol. The van der Waals surface area contributed by atoms with Crippen LogP contribution in [0.3, 0.4) is 0 Å². The van der Waals surface area contributed by atoms with Crippen molar-refractivity contribution < 1.29 is 9.47 Å². The third-order valence-corrected chi connectivity index (χ3v) is 3.77. The fourth-order valence-electron chi connectivity index (χ4n) is 2.43. The number of halogens is 1. The maximum absolute atomic E-state index is 5.34. The molecular formula is C19H27IN4O2. The number of benzene rings is 1. The third kappa shape index (κ3) is 7.07. The molecule has 7 heteroatoms. The first-order valence-electron chi connectivity index (χ1n) is 8.32. The van der Waals surface area contributed by atoms with E-state index in [0.717, 1.165) is 42.5 Å². The topological polar surface area (TPSA) is 67.8 Å². The molecule has 0 amide bonds. The van der Waals surface area contributed by atoms with Crippen LogP contribution in [0.1, 0.15) is 17.7 Å². The van der Waals surface area contributed by atoms with Gasteiger partial charge >= 0.3 is 0 Å². The Labute approximate surface area is 172 Å². The maximum atomic E-state index is 5.34. The van der Waals surface area contributed by atoms with Gasteiger partial charge in [-0.15, -0.1) is 24.0 Å². The summed E-state index contributed by atoms with van der Waals surface area (Å²) in [7, 11) is 5.06. The second-order valence-electron chi connectivity index (χ2n) is 5.47. The van der Waals surface area contributed by atoms with E-state index >= 15 is 0 Å². The van der Waals surface area contributed by atoms with Crippen molar-refractivity contribution in [1.29, 1.82) is 0 Å². The van der Waals surface area contributed by atoms with Gasteiger partial charge in [-0.25, -0.2) is 0 Å². The number of hydrogen-bond acceptors (Lipinski definition) is 4. The summed E-state index contributed by atoms with van der Waals surface area (Å²) in [5.74, 6) is 2.29. The van der Waals surface area contributed by atoms with Gasteiger partial charge in [0.2, 0.25) is 0 Å². The Morgan fingerprint density at radius 3 is 2.54 bits per heavy atom. The van der Waals surface area contributed by atoms with E-state index in [2.05, 4.69) is 26.7 Å². The SMILES string of the molecule is CN=C(NCCCc1ccc(OC)c(OC)c1)NCc1ccccn1.I. The molecule has 0 saturated heterocycles. The standard InChI is InChI=1S/C19H26N4O2.HI/c1-20-19(23-14-16-8-4-5-11-21-16)22-12-6-7-15-9-10-17(24-2)18(13-15)25-3;/h4-5,8-11,13H,6-7,12,14H2,1-3H3,(H2,20,22,23);1H. The van der Waals surface area contributed by atoms with E-state index in [1.807, 2.05) is 30.3 Å². The molecule has 26 heavy (non-hydrogen) atoms. The highest BCUT2D eigenvalue weighted by Gasteiger charge is 2.04. The highest BCUT2D eigenvalue weighted by molar-refractivity contribution is 14.0. The maximum Gasteiger partial charge on any atom is 0.191 e. The first-order valence-corrected chi connectivity index (χ1v) is 8.32. The van der Waals surface area contributed by atoms with Crippen LogP contribution in [0.5, 0.6) is 11.5 Å². The predicted octanol–water partition coefficient (Wildman–Crippen LogP) is 3.01. The molecule has 0 aliphatic rings. The van der Waals surface area contributed by atoms with E-state index in [4.69, 9.17) is 9.47 Å².